The number of halogens is 3. The van der Waals surface area contributed by atoms with Gasteiger partial charge in [-0.3, -0.25) is 14.9 Å². The number of ether oxygens (including phenoxy) is 1. The number of nitro benzene ring substituents is 1. The fourth-order valence-corrected chi connectivity index (χ4v) is 3.24. The van der Waals surface area contributed by atoms with Crippen LogP contribution >= 0.6 is 24.0 Å². The van der Waals surface area contributed by atoms with E-state index in [9.17, 15) is 19.3 Å². The summed E-state index contributed by atoms with van der Waals surface area (Å²) in [6, 6.07) is 10.2. The van der Waals surface area contributed by atoms with Crippen LogP contribution in [0.4, 0.5) is 10.1 Å². The van der Waals surface area contributed by atoms with Crippen molar-refractivity contribution in [1.82, 2.24) is 10.2 Å². The zero-order valence-electron chi connectivity index (χ0n) is 14.6. The molecule has 7 nitrogen and oxygen atoms in total. The molecule has 1 fully saturated rings. The van der Waals surface area contributed by atoms with Crippen LogP contribution in [0.2, 0.25) is 5.02 Å². The van der Waals surface area contributed by atoms with Crippen molar-refractivity contribution < 1.29 is 18.8 Å². The number of benzene rings is 2. The molecule has 28 heavy (non-hydrogen) atoms. The van der Waals surface area contributed by atoms with E-state index in [-0.39, 0.29) is 36.7 Å². The van der Waals surface area contributed by atoms with Crippen LogP contribution in [0.5, 0.6) is 5.75 Å². The summed E-state index contributed by atoms with van der Waals surface area (Å²) in [7, 11) is 0. The highest BCUT2D eigenvalue weighted by molar-refractivity contribution is 6.31. The fourth-order valence-electron chi connectivity index (χ4n) is 2.98. The molecule has 10 heteroatoms. The molecule has 0 bridgehead atoms. The minimum Gasteiger partial charge on any atom is -0.484 e. The number of nitro groups is 1. The van der Waals surface area contributed by atoms with E-state index in [0.717, 1.165) is 17.7 Å². The van der Waals surface area contributed by atoms with Gasteiger partial charge in [0.1, 0.15) is 5.75 Å². The summed E-state index contributed by atoms with van der Waals surface area (Å²) < 4.78 is 19.0. The normalized spacial score (nSPS) is 16.2. The monoisotopic (exact) mass is 429 g/mol. The predicted octanol–water partition coefficient (Wildman–Crippen LogP) is 3.36. The van der Waals surface area contributed by atoms with Crippen LogP contribution in [-0.4, -0.2) is 42.0 Å². The third kappa shape index (κ3) is 4.89. The van der Waals surface area contributed by atoms with E-state index < -0.39 is 16.4 Å². The van der Waals surface area contributed by atoms with Crippen LogP contribution in [0.25, 0.3) is 0 Å². The van der Waals surface area contributed by atoms with Gasteiger partial charge in [-0.25, -0.2) is 0 Å². The molecule has 1 atom stereocenters. The minimum atomic E-state index is -1.01. The number of carbonyl (C=O) groups excluding carboxylic acids is 1. The molecule has 1 aliphatic heterocycles. The Bertz CT molecular complexity index is 868. The summed E-state index contributed by atoms with van der Waals surface area (Å²) in [4.78, 5) is 24.2. The Morgan fingerprint density at radius 1 is 1.36 bits per heavy atom. The van der Waals surface area contributed by atoms with Crippen molar-refractivity contribution >= 4 is 35.6 Å². The number of hydrogen-bond donors (Lipinski definition) is 1. The maximum Gasteiger partial charge on any atom is 0.305 e. The van der Waals surface area contributed by atoms with Gasteiger partial charge >= 0.3 is 5.69 Å². The Kier molecular flexibility index (Phi) is 7.56. The standard InChI is InChI=1S/C18H17ClFN3O4.ClH/c19-14-4-2-1-3-13(14)17-10-21-7-8-22(17)18(24)11-27-12-5-6-16(23(25)26)15(20)9-12;/h1-6,9,17,21H,7-8,10-11H2;1H. The van der Waals surface area contributed by atoms with E-state index >= 15 is 0 Å². The zero-order chi connectivity index (χ0) is 19.4. The topological polar surface area (TPSA) is 84.7 Å². The van der Waals surface area contributed by atoms with Crippen LogP contribution in [0.1, 0.15) is 11.6 Å². The van der Waals surface area contributed by atoms with Crippen LogP contribution in [0, 0.1) is 15.9 Å². The lowest BCUT2D eigenvalue weighted by molar-refractivity contribution is -0.387. The minimum absolute atomic E-state index is 0. The first kappa shape index (κ1) is 21.9. The van der Waals surface area contributed by atoms with Crippen molar-refractivity contribution in [3.05, 3.63) is 69.0 Å². The molecule has 3 rings (SSSR count). The maximum atomic E-state index is 13.7. The molecule has 0 aromatic heterocycles. The van der Waals surface area contributed by atoms with Crippen LogP contribution in [0.15, 0.2) is 42.5 Å². The number of piperazine rings is 1. The lowest BCUT2D eigenvalue weighted by atomic mass is 10.0. The summed E-state index contributed by atoms with van der Waals surface area (Å²) in [5, 5.41) is 14.5. The Hall–Kier alpha value is -2.42. The van der Waals surface area contributed by atoms with Gasteiger partial charge in [0.05, 0.1) is 11.0 Å². The highest BCUT2D eigenvalue weighted by Crippen LogP contribution is 2.29. The Morgan fingerprint density at radius 3 is 2.79 bits per heavy atom. The third-order valence-electron chi connectivity index (χ3n) is 4.31. The van der Waals surface area contributed by atoms with Crippen molar-refractivity contribution in [1.29, 1.82) is 0 Å². The summed E-state index contributed by atoms with van der Waals surface area (Å²) in [5.74, 6) is -1.24. The largest absolute Gasteiger partial charge is 0.484 e. The number of amides is 1. The molecule has 0 spiro atoms. The van der Waals surface area contributed by atoms with Gasteiger partial charge in [0.2, 0.25) is 5.82 Å². The first-order chi connectivity index (χ1) is 13.0. The molecule has 2 aromatic carbocycles. The lowest BCUT2D eigenvalue weighted by Crippen LogP contribution is -2.50. The van der Waals surface area contributed by atoms with Gasteiger partial charge in [-0.05, 0) is 17.7 Å². The molecule has 1 N–H and O–H groups in total. The van der Waals surface area contributed by atoms with Crippen LogP contribution < -0.4 is 10.1 Å². The molecule has 2 aromatic rings. The second kappa shape index (κ2) is 9.68. The molecule has 1 heterocycles. The van der Waals surface area contributed by atoms with Crippen molar-refractivity contribution in [2.24, 2.45) is 0 Å². The molecule has 0 saturated carbocycles. The van der Waals surface area contributed by atoms with Crippen molar-refractivity contribution in [3.63, 3.8) is 0 Å². The molecule has 0 radical (unpaired) electrons. The second-order valence-electron chi connectivity index (χ2n) is 5.99. The quantitative estimate of drug-likeness (QED) is 0.581. The average Bonchev–Trinajstić information content (AvgIpc) is 2.66. The van der Waals surface area contributed by atoms with Gasteiger partial charge in [0.25, 0.3) is 5.91 Å². The molecule has 0 aliphatic carbocycles. The molecule has 1 saturated heterocycles. The smallest absolute Gasteiger partial charge is 0.305 e. The van der Waals surface area contributed by atoms with Gasteiger partial charge in [-0.1, -0.05) is 29.8 Å². The number of nitrogens with one attached hydrogen (secondary N) is 1. The van der Waals surface area contributed by atoms with E-state index in [1.54, 1.807) is 11.0 Å². The molecule has 150 valence electrons. The first-order valence-electron chi connectivity index (χ1n) is 8.28. The van der Waals surface area contributed by atoms with Gasteiger partial charge in [0.15, 0.2) is 6.61 Å². The molecule has 1 amide bonds. The van der Waals surface area contributed by atoms with E-state index in [1.165, 1.54) is 6.07 Å². The Morgan fingerprint density at radius 2 is 2.11 bits per heavy atom. The fraction of sp³-hybridized carbons (Fsp3) is 0.278. The van der Waals surface area contributed by atoms with Gasteiger partial charge < -0.3 is 15.0 Å². The SMILES string of the molecule is Cl.O=C(COc1ccc([N+](=O)[O-])c(F)c1)N1CCNCC1c1ccccc1Cl. The third-order valence-corrected chi connectivity index (χ3v) is 4.65. The Balaban J connectivity index is 0.00000280. The number of hydrogen-bond acceptors (Lipinski definition) is 5. The van der Waals surface area contributed by atoms with E-state index in [2.05, 4.69) is 5.32 Å². The summed E-state index contributed by atoms with van der Waals surface area (Å²) in [6.07, 6.45) is 0. The summed E-state index contributed by atoms with van der Waals surface area (Å²) in [5.41, 5.74) is 0.190. The molecular weight excluding hydrogens is 412 g/mol. The predicted molar refractivity (Wildman–Crippen MR) is 105 cm³/mol. The van der Waals surface area contributed by atoms with Gasteiger partial charge in [-0.15, -0.1) is 12.4 Å². The second-order valence-corrected chi connectivity index (χ2v) is 6.39. The molecule has 1 aliphatic rings. The van der Waals surface area contributed by atoms with Crippen molar-refractivity contribution in [2.45, 2.75) is 6.04 Å². The maximum absolute atomic E-state index is 13.7. The van der Waals surface area contributed by atoms with Gasteiger partial charge in [-0.2, -0.15) is 4.39 Å². The average molecular weight is 430 g/mol. The summed E-state index contributed by atoms with van der Waals surface area (Å²) in [6.45, 7) is 1.37. The Labute approximate surface area is 172 Å². The summed E-state index contributed by atoms with van der Waals surface area (Å²) >= 11 is 6.26. The lowest BCUT2D eigenvalue weighted by Gasteiger charge is -2.36. The highest BCUT2D eigenvalue weighted by atomic mass is 35.5. The van der Waals surface area contributed by atoms with E-state index in [1.807, 2.05) is 18.2 Å². The van der Waals surface area contributed by atoms with Gasteiger partial charge in [0, 0.05) is 36.8 Å². The molecular formula is C18H18Cl2FN3O4. The van der Waals surface area contributed by atoms with Crippen molar-refractivity contribution in [3.8, 4) is 5.75 Å². The zero-order valence-corrected chi connectivity index (χ0v) is 16.2. The molecule has 1 unspecified atom stereocenters. The first-order valence-corrected chi connectivity index (χ1v) is 8.66. The number of rotatable bonds is 5. The number of carbonyl (C=O) groups is 1. The highest BCUT2D eigenvalue weighted by Gasteiger charge is 2.29. The van der Waals surface area contributed by atoms with Crippen molar-refractivity contribution in [2.75, 3.05) is 26.2 Å². The van der Waals surface area contributed by atoms with Crippen LogP contribution in [-0.2, 0) is 4.79 Å². The van der Waals surface area contributed by atoms with E-state index in [0.29, 0.717) is 24.7 Å². The van der Waals surface area contributed by atoms with Crippen LogP contribution in [0.3, 0.4) is 0 Å². The number of nitrogens with zero attached hydrogens (tertiary/aromatic N) is 2. The van der Waals surface area contributed by atoms with E-state index in [4.69, 9.17) is 16.3 Å².